The standard InChI is InChI=1S/C13H28N2O/c1-8-15-13(6,7)11(16)14-9-10(2)12(3,4)5/h10,15H,8-9H2,1-7H3,(H,14,16). The summed E-state index contributed by atoms with van der Waals surface area (Å²) in [4.78, 5) is 11.9. The van der Waals surface area contributed by atoms with Crippen molar-refractivity contribution in [1.82, 2.24) is 10.6 Å². The molecular formula is C13H28N2O. The summed E-state index contributed by atoms with van der Waals surface area (Å²) in [6.45, 7) is 16.1. The highest BCUT2D eigenvalue weighted by molar-refractivity contribution is 5.85. The largest absolute Gasteiger partial charge is 0.354 e. The Morgan fingerprint density at radius 3 is 2.06 bits per heavy atom. The molecule has 0 aromatic rings. The third-order valence-electron chi connectivity index (χ3n) is 3.23. The lowest BCUT2D eigenvalue weighted by atomic mass is 9.82. The lowest BCUT2D eigenvalue weighted by molar-refractivity contribution is -0.126. The SMILES string of the molecule is CCNC(C)(C)C(=O)NCC(C)C(C)(C)C. The number of rotatable bonds is 5. The van der Waals surface area contributed by atoms with Crippen LogP contribution < -0.4 is 10.6 Å². The molecule has 1 unspecified atom stereocenters. The van der Waals surface area contributed by atoms with E-state index in [4.69, 9.17) is 0 Å². The van der Waals surface area contributed by atoms with Gasteiger partial charge in [-0.25, -0.2) is 0 Å². The van der Waals surface area contributed by atoms with E-state index in [1.807, 2.05) is 20.8 Å². The highest BCUT2D eigenvalue weighted by Gasteiger charge is 2.27. The minimum absolute atomic E-state index is 0.0745. The van der Waals surface area contributed by atoms with Gasteiger partial charge in [-0.1, -0.05) is 34.6 Å². The van der Waals surface area contributed by atoms with Crippen LogP contribution in [0.3, 0.4) is 0 Å². The molecule has 0 heterocycles. The van der Waals surface area contributed by atoms with Crippen LogP contribution in [0, 0.1) is 11.3 Å². The van der Waals surface area contributed by atoms with E-state index in [1.54, 1.807) is 0 Å². The van der Waals surface area contributed by atoms with Gasteiger partial charge in [0.1, 0.15) is 0 Å². The van der Waals surface area contributed by atoms with E-state index in [1.165, 1.54) is 0 Å². The molecule has 0 saturated carbocycles. The first kappa shape index (κ1) is 15.4. The van der Waals surface area contributed by atoms with Crippen molar-refractivity contribution in [1.29, 1.82) is 0 Å². The first-order chi connectivity index (χ1) is 7.11. The van der Waals surface area contributed by atoms with E-state index in [2.05, 4.69) is 38.3 Å². The van der Waals surface area contributed by atoms with Gasteiger partial charge in [0.15, 0.2) is 0 Å². The topological polar surface area (TPSA) is 41.1 Å². The average Bonchev–Trinajstić information content (AvgIpc) is 2.11. The van der Waals surface area contributed by atoms with Crippen LogP contribution in [0.1, 0.15) is 48.5 Å². The van der Waals surface area contributed by atoms with E-state index in [9.17, 15) is 4.79 Å². The van der Waals surface area contributed by atoms with Gasteiger partial charge < -0.3 is 10.6 Å². The van der Waals surface area contributed by atoms with Crippen molar-refractivity contribution in [3.8, 4) is 0 Å². The van der Waals surface area contributed by atoms with Crippen molar-refractivity contribution in [3.05, 3.63) is 0 Å². The van der Waals surface area contributed by atoms with Crippen LogP contribution in [0.5, 0.6) is 0 Å². The normalized spacial score (nSPS) is 14.7. The van der Waals surface area contributed by atoms with E-state index in [-0.39, 0.29) is 11.3 Å². The third kappa shape index (κ3) is 4.97. The Hall–Kier alpha value is -0.570. The molecule has 1 amide bonds. The molecule has 1 atom stereocenters. The van der Waals surface area contributed by atoms with Crippen LogP contribution in [0.4, 0.5) is 0 Å². The lowest BCUT2D eigenvalue weighted by Crippen LogP contribution is -2.53. The molecule has 2 N–H and O–H groups in total. The fourth-order valence-corrected chi connectivity index (χ4v) is 1.30. The number of carbonyl (C=O) groups excluding carboxylic acids is 1. The van der Waals surface area contributed by atoms with Gasteiger partial charge in [0.25, 0.3) is 0 Å². The Bertz CT molecular complexity index is 229. The zero-order valence-corrected chi connectivity index (χ0v) is 11.9. The van der Waals surface area contributed by atoms with E-state index in [0.29, 0.717) is 5.92 Å². The summed E-state index contributed by atoms with van der Waals surface area (Å²) < 4.78 is 0. The van der Waals surface area contributed by atoms with Crippen LogP contribution in [0.15, 0.2) is 0 Å². The highest BCUT2D eigenvalue weighted by Crippen LogP contribution is 2.24. The molecule has 0 aliphatic rings. The maximum absolute atomic E-state index is 11.9. The van der Waals surface area contributed by atoms with Crippen LogP contribution >= 0.6 is 0 Å². The Morgan fingerprint density at radius 2 is 1.69 bits per heavy atom. The quantitative estimate of drug-likeness (QED) is 0.757. The third-order valence-corrected chi connectivity index (χ3v) is 3.23. The Morgan fingerprint density at radius 1 is 1.19 bits per heavy atom. The second-order valence-electron chi connectivity index (χ2n) is 6.13. The van der Waals surface area contributed by atoms with Crippen molar-refractivity contribution in [2.45, 2.75) is 54.0 Å². The van der Waals surface area contributed by atoms with Crippen molar-refractivity contribution in [2.24, 2.45) is 11.3 Å². The predicted molar refractivity (Wildman–Crippen MR) is 69.4 cm³/mol. The van der Waals surface area contributed by atoms with Gasteiger partial charge in [-0.3, -0.25) is 4.79 Å². The predicted octanol–water partition coefficient (Wildman–Crippen LogP) is 2.17. The van der Waals surface area contributed by atoms with Gasteiger partial charge in [-0.2, -0.15) is 0 Å². The second-order valence-corrected chi connectivity index (χ2v) is 6.13. The molecule has 0 spiro atoms. The minimum atomic E-state index is -0.480. The van der Waals surface area contributed by atoms with Crippen LogP contribution in [0.25, 0.3) is 0 Å². The van der Waals surface area contributed by atoms with Gasteiger partial charge >= 0.3 is 0 Å². The summed E-state index contributed by atoms with van der Waals surface area (Å²) in [6.07, 6.45) is 0. The molecule has 0 aromatic carbocycles. The molecule has 0 radical (unpaired) electrons. The maximum atomic E-state index is 11.9. The number of amides is 1. The average molecular weight is 228 g/mol. The molecule has 0 aromatic heterocycles. The highest BCUT2D eigenvalue weighted by atomic mass is 16.2. The van der Waals surface area contributed by atoms with Gasteiger partial charge in [0, 0.05) is 6.54 Å². The Balaban J connectivity index is 4.17. The molecule has 0 rings (SSSR count). The summed E-state index contributed by atoms with van der Waals surface area (Å²) >= 11 is 0. The second kappa shape index (κ2) is 5.67. The smallest absolute Gasteiger partial charge is 0.239 e. The van der Waals surface area contributed by atoms with Gasteiger partial charge in [0.05, 0.1) is 5.54 Å². The summed E-state index contributed by atoms with van der Waals surface area (Å²) in [6, 6.07) is 0. The fourth-order valence-electron chi connectivity index (χ4n) is 1.30. The number of carbonyl (C=O) groups is 1. The molecule has 0 fully saturated rings. The number of hydrogen-bond donors (Lipinski definition) is 2. The van der Waals surface area contributed by atoms with Crippen molar-refractivity contribution >= 4 is 5.91 Å². The molecule has 0 saturated heterocycles. The van der Waals surface area contributed by atoms with Gasteiger partial charge in [-0.05, 0) is 31.7 Å². The molecule has 0 bridgehead atoms. The Labute approximate surface area is 100 Å². The number of likely N-dealkylation sites (N-methyl/N-ethyl adjacent to an activating group) is 1. The van der Waals surface area contributed by atoms with E-state index < -0.39 is 5.54 Å². The Kier molecular flexibility index (Phi) is 5.47. The summed E-state index contributed by atoms with van der Waals surface area (Å²) in [5.74, 6) is 0.541. The molecule has 16 heavy (non-hydrogen) atoms. The molecular weight excluding hydrogens is 200 g/mol. The number of nitrogens with one attached hydrogen (secondary N) is 2. The van der Waals surface area contributed by atoms with Crippen molar-refractivity contribution < 1.29 is 4.79 Å². The fraction of sp³-hybridized carbons (Fsp3) is 0.923. The van der Waals surface area contributed by atoms with E-state index >= 15 is 0 Å². The first-order valence-electron chi connectivity index (χ1n) is 6.14. The summed E-state index contributed by atoms with van der Waals surface area (Å²) in [5, 5.41) is 6.18. The van der Waals surface area contributed by atoms with Gasteiger partial charge in [-0.15, -0.1) is 0 Å². The molecule has 96 valence electrons. The molecule has 0 aliphatic heterocycles. The molecule has 0 aliphatic carbocycles. The van der Waals surface area contributed by atoms with Crippen LogP contribution in [-0.2, 0) is 4.79 Å². The number of hydrogen-bond acceptors (Lipinski definition) is 2. The summed E-state index contributed by atoms with van der Waals surface area (Å²) in [5.41, 5.74) is -0.248. The maximum Gasteiger partial charge on any atom is 0.239 e. The monoisotopic (exact) mass is 228 g/mol. The first-order valence-corrected chi connectivity index (χ1v) is 6.14. The molecule has 3 heteroatoms. The van der Waals surface area contributed by atoms with Crippen molar-refractivity contribution in [3.63, 3.8) is 0 Å². The van der Waals surface area contributed by atoms with Crippen LogP contribution in [-0.4, -0.2) is 24.5 Å². The zero-order chi connectivity index (χ0) is 13.0. The summed E-state index contributed by atoms with van der Waals surface area (Å²) in [7, 11) is 0. The van der Waals surface area contributed by atoms with Crippen LogP contribution in [0.2, 0.25) is 0 Å². The minimum Gasteiger partial charge on any atom is -0.354 e. The van der Waals surface area contributed by atoms with E-state index in [0.717, 1.165) is 13.1 Å². The van der Waals surface area contributed by atoms with Crippen molar-refractivity contribution in [2.75, 3.05) is 13.1 Å². The lowest BCUT2D eigenvalue weighted by Gasteiger charge is -2.30. The van der Waals surface area contributed by atoms with Gasteiger partial charge in [0.2, 0.25) is 5.91 Å². The zero-order valence-electron chi connectivity index (χ0n) is 11.9. The molecule has 3 nitrogen and oxygen atoms in total.